The number of aromatic nitrogens is 3. The van der Waals surface area contributed by atoms with Crippen LogP contribution in [0.1, 0.15) is 37.1 Å². The molecule has 0 amide bonds. The molecule has 1 saturated carbocycles. The number of para-hydroxylation sites is 1. The number of hydrogen-bond acceptors (Lipinski definition) is 9. The molecule has 0 spiro atoms. The number of aryl methyl sites for hydroxylation is 1. The topological polar surface area (TPSA) is 101 Å². The van der Waals surface area contributed by atoms with Gasteiger partial charge in [-0.25, -0.2) is 9.97 Å². The number of ether oxygens (including phenoxy) is 2. The minimum absolute atomic E-state index is 0.0216. The maximum absolute atomic E-state index is 13.0. The van der Waals surface area contributed by atoms with Gasteiger partial charge >= 0.3 is 6.18 Å². The number of alkyl halides is 3. The molecule has 0 bridgehead atoms. The van der Waals surface area contributed by atoms with Crippen molar-refractivity contribution >= 4 is 33.3 Å². The van der Waals surface area contributed by atoms with Gasteiger partial charge in [0.2, 0.25) is 5.95 Å². The number of rotatable bonds is 7. The first kappa shape index (κ1) is 27.8. The Balaban J connectivity index is 1.33. The van der Waals surface area contributed by atoms with Gasteiger partial charge in [0.05, 0.1) is 39.2 Å². The van der Waals surface area contributed by atoms with E-state index in [0.717, 1.165) is 32.9 Å². The second-order valence-electron chi connectivity index (χ2n) is 10.9. The van der Waals surface area contributed by atoms with Crippen molar-refractivity contribution < 1.29 is 27.8 Å². The second-order valence-corrected chi connectivity index (χ2v) is 11.9. The molecule has 41 heavy (non-hydrogen) atoms. The van der Waals surface area contributed by atoms with Gasteiger partial charge in [0, 0.05) is 19.1 Å². The molecule has 3 heterocycles. The van der Waals surface area contributed by atoms with Crippen molar-refractivity contribution in [1.29, 1.82) is 0 Å². The van der Waals surface area contributed by atoms with Crippen molar-refractivity contribution in [2.45, 2.75) is 63.9 Å². The lowest BCUT2D eigenvalue weighted by Crippen LogP contribution is -2.35. The van der Waals surface area contributed by atoms with Crippen LogP contribution in [0.3, 0.4) is 0 Å². The van der Waals surface area contributed by atoms with E-state index in [9.17, 15) is 18.3 Å². The zero-order valence-electron chi connectivity index (χ0n) is 22.7. The highest BCUT2D eigenvalue weighted by molar-refractivity contribution is 7.21. The molecule has 1 aliphatic carbocycles. The van der Waals surface area contributed by atoms with Gasteiger partial charge in [0.1, 0.15) is 16.9 Å². The number of thiazole rings is 1. The second kappa shape index (κ2) is 10.5. The van der Waals surface area contributed by atoms with E-state index in [-0.39, 0.29) is 37.3 Å². The molecule has 6 rings (SSSR count). The van der Waals surface area contributed by atoms with E-state index in [1.807, 2.05) is 45.0 Å². The SMILES string of the molecule is Cc1nc(NCc2ccc(C(F)(F)F)cc2)nc(N[C@@H]2C[C@H](CO)[C@H]3OC(C)(C)O[C@H]32)c1-c1nc2ccccc2s1. The summed E-state index contributed by atoms with van der Waals surface area (Å²) in [7, 11) is 0. The third-order valence-electron chi connectivity index (χ3n) is 7.47. The molecule has 8 nitrogen and oxygen atoms in total. The summed E-state index contributed by atoms with van der Waals surface area (Å²) >= 11 is 1.54. The van der Waals surface area contributed by atoms with Crippen molar-refractivity contribution in [2.75, 3.05) is 17.2 Å². The third-order valence-corrected chi connectivity index (χ3v) is 8.52. The Morgan fingerprint density at radius 1 is 1.02 bits per heavy atom. The molecule has 0 unspecified atom stereocenters. The number of fused-ring (bicyclic) bond motifs is 2. The Kier molecular flexibility index (Phi) is 7.13. The first-order valence-electron chi connectivity index (χ1n) is 13.4. The number of aliphatic hydroxyl groups is 1. The standard InChI is InChI=1S/C29H30F3N5O3S/c1-15-22(26-36-19-6-4-5-7-21(19)41-26)25(35-20-12-17(14-38)23-24(20)40-28(2,3)39-23)37-27(34-15)33-13-16-8-10-18(11-9-16)29(30,31)32/h4-11,17,20,23-24,38H,12-14H2,1-3H3,(H2,33,34,35,37)/t17-,20-,23-,24+/m1/s1. The maximum atomic E-state index is 13.0. The van der Waals surface area contributed by atoms with Crippen LogP contribution in [-0.2, 0) is 22.2 Å². The zero-order valence-corrected chi connectivity index (χ0v) is 23.5. The van der Waals surface area contributed by atoms with Crippen molar-refractivity contribution in [2.24, 2.45) is 5.92 Å². The summed E-state index contributed by atoms with van der Waals surface area (Å²) in [4.78, 5) is 14.3. The van der Waals surface area contributed by atoms with Crippen LogP contribution >= 0.6 is 11.3 Å². The van der Waals surface area contributed by atoms with E-state index in [1.165, 1.54) is 12.1 Å². The number of nitrogens with zero attached hydrogens (tertiary/aromatic N) is 3. The van der Waals surface area contributed by atoms with E-state index >= 15 is 0 Å². The molecule has 1 aliphatic heterocycles. The Bertz CT molecular complexity index is 1530. The molecule has 4 atom stereocenters. The predicted molar refractivity (Wildman–Crippen MR) is 151 cm³/mol. The van der Waals surface area contributed by atoms with Crippen LogP contribution in [0.4, 0.5) is 24.9 Å². The molecule has 2 fully saturated rings. The molecule has 4 aromatic rings. The Morgan fingerprint density at radius 2 is 1.76 bits per heavy atom. The van der Waals surface area contributed by atoms with Gasteiger partial charge in [-0.15, -0.1) is 11.3 Å². The third kappa shape index (κ3) is 5.61. The van der Waals surface area contributed by atoms with E-state index in [1.54, 1.807) is 11.3 Å². The molecule has 1 saturated heterocycles. The normalized spacial score (nSPS) is 23.6. The first-order chi connectivity index (χ1) is 19.5. The number of hydrogen-bond donors (Lipinski definition) is 3. The van der Waals surface area contributed by atoms with Crippen LogP contribution in [0.15, 0.2) is 48.5 Å². The first-order valence-corrected chi connectivity index (χ1v) is 14.2. The summed E-state index contributed by atoms with van der Waals surface area (Å²) in [5, 5.41) is 17.5. The number of anilines is 2. The molecule has 12 heteroatoms. The summed E-state index contributed by atoms with van der Waals surface area (Å²) in [6.07, 6.45) is -4.30. The van der Waals surface area contributed by atoms with Gasteiger partial charge in [-0.05, 0) is 57.0 Å². The smallest absolute Gasteiger partial charge is 0.396 e. The molecule has 2 aliphatic rings. The average molecular weight is 586 g/mol. The molecule has 216 valence electrons. The van der Waals surface area contributed by atoms with Crippen LogP contribution in [0.5, 0.6) is 0 Å². The monoisotopic (exact) mass is 585 g/mol. The van der Waals surface area contributed by atoms with Crippen LogP contribution in [-0.4, -0.2) is 50.7 Å². The highest BCUT2D eigenvalue weighted by Crippen LogP contribution is 2.44. The molecule has 0 radical (unpaired) electrons. The van der Waals surface area contributed by atoms with Crippen molar-refractivity contribution in [3.63, 3.8) is 0 Å². The average Bonchev–Trinajstić information content (AvgIpc) is 3.57. The van der Waals surface area contributed by atoms with Gasteiger partial charge in [-0.3, -0.25) is 0 Å². The van der Waals surface area contributed by atoms with Gasteiger partial charge in [0.15, 0.2) is 5.79 Å². The van der Waals surface area contributed by atoms with E-state index in [0.29, 0.717) is 29.4 Å². The van der Waals surface area contributed by atoms with Crippen molar-refractivity contribution in [3.05, 3.63) is 65.4 Å². The number of halogens is 3. The lowest BCUT2D eigenvalue weighted by atomic mass is 10.1. The Hall–Kier alpha value is -3.32. The lowest BCUT2D eigenvalue weighted by Gasteiger charge is -2.25. The van der Waals surface area contributed by atoms with Crippen LogP contribution in [0, 0.1) is 12.8 Å². The molecule has 3 N–H and O–H groups in total. The summed E-state index contributed by atoms with van der Waals surface area (Å²) < 4.78 is 52.3. The zero-order chi connectivity index (χ0) is 28.9. The van der Waals surface area contributed by atoms with Crippen LogP contribution in [0.2, 0.25) is 0 Å². The number of nitrogens with one attached hydrogen (secondary N) is 2. The van der Waals surface area contributed by atoms with Crippen LogP contribution in [0.25, 0.3) is 20.8 Å². The van der Waals surface area contributed by atoms with Gasteiger partial charge in [0.25, 0.3) is 0 Å². The lowest BCUT2D eigenvalue weighted by molar-refractivity contribution is -0.158. The summed E-state index contributed by atoms with van der Waals surface area (Å²) in [6, 6.07) is 12.7. The van der Waals surface area contributed by atoms with Crippen molar-refractivity contribution in [3.8, 4) is 10.6 Å². The minimum atomic E-state index is -4.39. The van der Waals surface area contributed by atoms with E-state index in [2.05, 4.69) is 15.6 Å². The van der Waals surface area contributed by atoms with Gasteiger partial charge in [-0.2, -0.15) is 18.2 Å². The van der Waals surface area contributed by atoms with Crippen LogP contribution < -0.4 is 10.6 Å². The molecular weight excluding hydrogens is 555 g/mol. The van der Waals surface area contributed by atoms with E-state index in [4.69, 9.17) is 19.4 Å². The van der Waals surface area contributed by atoms with E-state index < -0.39 is 17.5 Å². The quantitative estimate of drug-likeness (QED) is 0.243. The highest BCUT2D eigenvalue weighted by Gasteiger charge is 2.54. The van der Waals surface area contributed by atoms with Gasteiger partial charge < -0.3 is 25.2 Å². The fourth-order valence-corrected chi connectivity index (χ4v) is 6.63. The van der Waals surface area contributed by atoms with Gasteiger partial charge in [-0.1, -0.05) is 24.3 Å². The minimum Gasteiger partial charge on any atom is -0.396 e. The Labute approximate surface area is 239 Å². The molecular formula is C29H30F3N5O3S. The molecule has 2 aromatic carbocycles. The summed E-state index contributed by atoms with van der Waals surface area (Å²) in [6.45, 7) is 5.82. The summed E-state index contributed by atoms with van der Waals surface area (Å²) in [5.74, 6) is 0.0222. The Morgan fingerprint density at radius 3 is 2.46 bits per heavy atom. The summed E-state index contributed by atoms with van der Waals surface area (Å²) in [5.41, 5.74) is 2.28. The maximum Gasteiger partial charge on any atom is 0.416 e. The number of aliphatic hydroxyl groups excluding tert-OH is 1. The fraction of sp³-hybridized carbons (Fsp3) is 0.414. The number of benzene rings is 2. The molecule has 2 aromatic heterocycles. The predicted octanol–water partition coefficient (Wildman–Crippen LogP) is 6.01. The highest BCUT2D eigenvalue weighted by atomic mass is 32.1. The van der Waals surface area contributed by atoms with Crippen molar-refractivity contribution in [1.82, 2.24) is 15.0 Å². The largest absolute Gasteiger partial charge is 0.416 e. The fourth-order valence-electron chi connectivity index (χ4n) is 5.57.